The van der Waals surface area contributed by atoms with E-state index in [1.807, 2.05) is 12.1 Å². The van der Waals surface area contributed by atoms with Gasteiger partial charge >= 0.3 is 0 Å². The Morgan fingerprint density at radius 2 is 1.68 bits per heavy atom. The van der Waals surface area contributed by atoms with E-state index in [1.54, 1.807) is 19.5 Å². The molecular weight excluding hydrogens is 360 g/mol. The third kappa shape index (κ3) is 6.62. The maximum atomic E-state index is 13.6. The van der Waals surface area contributed by atoms with Crippen molar-refractivity contribution in [2.75, 3.05) is 39.9 Å². The van der Waals surface area contributed by atoms with Gasteiger partial charge in [-0.2, -0.15) is 0 Å². The number of rotatable bonds is 9. The summed E-state index contributed by atoms with van der Waals surface area (Å²) in [4.78, 5) is 8.81. The smallest absolute Gasteiger partial charge is 0.126 e. The van der Waals surface area contributed by atoms with Crippen LogP contribution in [0.2, 0.25) is 0 Å². The van der Waals surface area contributed by atoms with Gasteiger partial charge in [-0.3, -0.25) is 9.88 Å². The number of aromatic nitrogens is 1. The molecule has 0 aliphatic carbocycles. The van der Waals surface area contributed by atoms with E-state index in [2.05, 4.69) is 14.8 Å². The van der Waals surface area contributed by atoms with Crippen LogP contribution in [-0.2, 0) is 17.8 Å². The Morgan fingerprint density at radius 1 is 1.04 bits per heavy atom. The van der Waals surface area contributed by atoms with Gasteiger partial charge in [0.1, 0.15) is 11.6 Å². The Bertz CT molecular complexity index is 701. The van der Waals surface area contributed by atoms with E-state index in [4.69, 9.17) is 4.74 Å². The maximum absolute atomic E-state index is 13.6. The number of hydrogen-bond acceptors (Lipinski definition) is 4. The number of methoxy groups -OCH3 is 1. The van der Waals surface area contributed by atoms with Crippen molar-refractivity contribution in [2.24, 2.45) is 5.92 Å². The van der Waals surface area contributed by atoms with Crippen LogP contribution in [0.4, 0.5) is 8.78 Å². The van der Waals surface area contributed by atoms with Crippen LogP contribution in [0.5, 0.6) is 0 Å². The molecule has 1 aliphatic heterocycles. The fourth-order valence-corrected chi connectivity index (χ4v) is 3.87. The van der Waals surface area contributed by atoms with Crippen molar-refractivity contribution in [2.45, 2.75) is 25.9 Å². The number of nitrogens with zero attached hydrogens (tertiary/aromatic N) is 3. The molecule has 0 amide bonds. The zero-order valence-electron chi connectivity index (χ0n) is 16.5. The fourth-order valence-electron chi connectivity index (χ4n) is 3.87. The van der Waals surface area contributed by atoms with E-state index < -0.39 is 11.6 Å². The maximum Gasteiger partial charge on any atom is 0.126 e. The van der Waals surface area contributed by atoms with Crippen LogP contribution in [0.15, 0.2) is 42.7 Å². The van der Waals surface area contributed by atoms with Crippen LogP contribution in [0.3, 0.4) is 0 Å². The minimum Gasteiger partial charge on any atom is -0.383 e. The lowest BCUT2D eigenvalue weighted by Crippen LogP contribution is -2.39. The van der Waals surface area contributed by atoms with Crippen LogP contribution in [0.1, 0.15) is 24.0 Å². The molecule has 0 bridgehead atoms. The highest BCUT2D eigenvalue weighted by atomic mass is 19.1. The first kappa shape index (κ1) is 20.8. The van der Waals surface area contributed by atoms with Crippen molar-refractivity contribution in [1.82, 2.24) is 14.8 Å². The molecule has 0 atom stereocenters. The van der Waals surface area contributed by atoms with Crippen LogP contribution < -0.4 is 0 Å². The van der Waals surface area contributed by atoms with Crippen molar-refractivity contribution in [1.29, 1.82) is 0 Å². The summed E-state index contributed by atoms with van der Waals surface area (Å²) in [6.45, 7) is 6.08. The Labute approximate surface area is 166 Å². The van der Waals surface area contributed by atoms with Gasteiger partial charge in [0.05, 0.1) is 6.61 Å². The first-order chi connectivity index (χ1) is 13.6. The van der Waals surface area contributed by atoms with Gasteiger partial charge in [-0.15, -0.1) is 0 Å². The third-order valence-corrected chi connectivity index (χ3v) is 5.32. The second-order valence-electron chi connectivity index (χ2n) is 7.58. The summed E-state index contributed by atoms with van der Waals surface area (Å²) >= 11 is 0. The molecule has 0 N–H and O–H groups in total. The summed E-state index contributed by atoms with van der Waals surface area (Å²) in [5, 5.41) is 0. The summed E-state index contributed by atoms with van der Waals surface area (Å²) in [6, 6.07) is 7.76. The molecule has 0 spiro atoms. The summed E-state index contributed by atoms with van der Waals surface area (Å²) in [6.07, 6.45) is 5.83. The van der Waals surface area contributed by atoms with Crippen molar-refractivity contribution in [3.63, 3.8) is 0 Å². The Balaban J connectivity index is 1.63. The van der Waals surface area contributed by atoms with Gasteiger partial charge in [0.25, 0.3) is 0 Å². The molecule has 1 saturated heterocycles. The normalized spacial score (nSPS) is 16.0. The predicted octanol–water partition coefficient (Wildman–Crippen LogP) is 3.72. The zero-order chi connectivity index (χ0) is 19.8. The van der Waals surface area contributed by atoms with Gasteiger partial charge < -0.3 is 9.64 Å². The van der Waals surface area contributed by atoms with E-state index >= 15 is 0 Å². The minimum absolute atomic E-state index is 0.523. The Morgan fingerprint density at radius 3 is 2.32 bits per heavy atom. The molecule has 1 fully saturated rings. The van der Waals surface area contributed by atoms with Crippen molar-refractivity contribution < 1.29 is 13.5 Å². The number of pyridine rings is 1. The average Bonchev–Trinajstić information content (AvgIpc) is 2.67. The molecule has 1 aliphatic rings. The molecule has 2 aromatic rings. The van der Waals surface area contributed by atoms with Gasteiger partial charge in [0.2, 0.25) is 0 Å². The standard InChI is InChI=1S/C22H29F2N3O/c1-28-11-10-26-8-4-19(5-9-26)16-27(15-18-2-6-25-7-3-18)17-20-12-21(23)14-22(24)13-20/h2-3,6-7,12-14,19H,4-5,8-11,15-17H2,1H3. The molecule has 2 heterocycles. The van der Waals surface area contributed by atoms with Crippen molar-refractivity contribution >= 4 is 0 Å². The van der Waals surface area contributed by atoms with E-state index in [9.17, 15) is 8.78 Å². The number of benzene rings is 1. The second kappa shape index (κ2) is 10.6. The quantitative estimate of drug-likeness (QED) is 0.654. The molecule has 6 heteroatoms. The van der Waals surface area contributed by atoms with Crippen molar-refractivity contribution in [3.05, 3.63) is 65.5 Å². The molecule has 152 valence electrons. The third-order valence-electron chi connectivity index (χ3n) is 5.32. The number of ether oxygens (including phenoxy) is 1. The molecule has 3 rings (SSSR count). The SMILES string of the molecule is COCCN1CCC(CN(Cc2ccncc2)Cc2cc(F)cc(F)c2)CC1. The topological polar surface area (TPSA) is 28.6 Å². The molecule has 0 unspecified atom stereocenters. The monoisotopic (exact) mass is 389 g/mol. The zero-order valence-corrected chi connectivity index (χ0v) is 16.5. The van der Waals surface area contributed by atoms with Crippen LogP contribution in [0, 0.1) is 17.6 Å². The van der Waals surface area contributed by atoms with Crippen molar-refractivity contribution in [3.8, 4) is 0 Å². The number of halogens is 2. The first-order valence-corrected chi connectivity index (χ1v) is 9.90. The highest BCUT2D eigenvalue weighted by molar-refractivity contribution is 5.18. The summed E-state index contributed by atoms with van der Waals surface area (Å²) in [7, 11) is 1.74. The summed E-state index contributed by atoms with van der Waals surface area (Å²) in [5.74, 6) is -0.463. The van der Waals surface area contributed by atoms with E-state index in [1.165, 1.54) is 12.1 Å². The van der Waals surface area contributed by atoms with Crippen LogP contribution in [-0.4, -0.2) is 54.7 Å². The summed E-state index contributed by atoms with van der Waals surface area (Å²) in [5.41, 5.74) is 1.83. The van der Waals surface area contributed by atoms with Gasteiger partial charge in [-0.05, 0) is 67.2 Å². The molecule has 1 aromatic carbocycles. The minimum atomic E-state index is -0.523. The average molecular weight is 389 g/mol. The largest absolute Gasteiger partial charge is 0.383 e. The second-order valence-corrected chi connectivity index (χ2v) is 7.58. The number of likely N-dealkylation sites (tertiary alicyclic amines) is 1. The van der Waals surface area contributed by atoms with Gasteiger partial charge in [-0.1, -0.05) is 0 Å². The number of piperidine rings is 1. The van der Waals surface area contributed by atoms with Crippen LogP contribution in [0.25, 0.3) is 0 Å². The van der Waals surface area contributed by atoms with Gasteiger partial charge in [0.15, 0.2) is 0 Å². The molecule has 4 nitrogen and oxygen atoms in total. The summed E-state index contributed by atoms with van der Waals surface area (Å²) < 4.78 is 32.4. The Hall–Kier alpha value is -1.89. The highest BCUT2D eigenvalue weighted by Crippen LogP contribution is 2.21. The number of hydrogen-bond donors (Lipinski definition) is 0. The lowest BCUT2D eigenvalue weighted by atomic mass is 9.95. The van der Waals surface area contributed by atoms with Crippen LogP contribution >= 0.6 is 0 Å². The van der Waals surface area contributed by atoms with E-state index in [-0.39, 0.29) is 0 Å². The lowest BCUT2D eigenvalue weighted by Gasteiger charge is -2.35. The van der Waals surface area contributed by atoms with E-state index in [0.29, 0.717) is 18.0 Å². The Kier molecular flexibility index (Phi) is 7.89. The highest BCUT2D eigenvalue weighted by Gasteiger charge is 2.22. The molecule has 28 heavy (non-hydrogen) atoms. The predicted molar refractivity (Wildman–Crippen MR) is 106 cm³/mol. The molecule has 0 saturated carbocycles. The molecule has 1 aromatic heterocycles. The fraction of sp³-hybridized carbons (Fsp3) is 0.500. The van der Waals surface area contributed by atoms with Gasteiger partial charge in [-0.25, -0.2) is 8.78 Å². The molecule has 0 radical (unpaired) electrons. The first-order valence-electron chi connectivity index (χ1n) is 9.90. The van der Waals surface area contributed by atoms with Gasteiger partial charge in [0, 0.05) is 51.7 Å². The van der Waals surface area contributed by atoms with E-state index in [0.717, 1.165) is 63.8 Å². The lowest BCUT2D eigenvalue weighted by molar-refractivity contribution is 0.103. The molecular formula is C22H29F2N3O.